The van der Waals surface area contributed by atoms with Gasteiger partial charge in [-0.1, -0.05) is 13.8 Å². The molecule has 72 valence electrons. The van der Waals surface area contributed by atoms with Gasteiger partial charge in [-0.15, -0.1) is 0 Å². The van der Waals surface area contributed by atoms with Crippen molar-refractivity contribution in [2.75, 3.05) is 13.2 Å². The quantitative estimate of drug-likeness (QED) is 0.524. The highest BCUT2D eigenvalue weighted by Gasteiger charge is 2.18. The summed E-state index contributed by atoms with van der Waals surface area (Å²) in [4.78, 5) is 10.6. The first kappa shape index (κ1) is 11.4. The van der Waals surface area contributed by atoms with E-state index in [9.17, 15) is 4.79 Å². The summed E-state index contributed by atoms with van der Waals surface area (Å²) >= 11 is 0. The standard InChI is InChI=1S/C8H18N2O2/c1-6(7(9)12)10-4-8(2,3)5-11/h6,10-11H,4-5H2,1-3H3,(H2,9,12). The van der Waals surface area contributed by atoms with Crippen molar-refractivity contribution in [2.24, 2.45) is 11.1 Å². The first-order valence-electron chi connectivity index (χ1n) is 4.02. The zero-order valence-corrected chi connectivity index (χ0v) is 7.92. The number of hydrogen-bond donors (Lipinski definition) is 3. The van der Waals surface area contributed by atoms with Crippen LogP contribution in [0, 0.1) is 5.41 Å². The number of rotatable bonds is 5. The van der Waals surface area contributed by atoms with E-state index in [4.69, 9.17) is 10.8 Å². The minimum atomic E-state index is -0.372. The molecule has 0 radical (unpaired) electrons. The number of primary amides is 1. The molecule has 0 heterocycles. The van der Waals surface area contributed by atoms with Crippen molar-refractivity contribution in [3.8, 4) is 0 Å². The van der Waals surface area contributed by atoms with Gasteiger partial charge in [-0.25, -0.2) is 0 Å². The predicted molar refractivity (Wildman–Crippen MR) is 47.5 cm³/mol. The first-order chi connectivity index (χ1) is 5.39. The largest absolute Gasteiger partial charge is 0.396 e. The molecular weight excluding hydrogens is 156 g/mol. The lowest BCUT2D eigenvalue weighted by atomic mass is 9.95. The molecule has 0 fully saturated rings. The lowest BCUT2D eigenvalue weighted by Gasteiger charge is -2.23. The van der Waals surface area contributed by atoms with Crippen LogP contribution >= 0.6 is 0 Å². The molecule has 0 aromatic carbocycles. The Morgan fingerprint density at radius 3 is 2.50 bits per heavy atom. The van der Waals surface area contributed by atoms with E-state index in [1.807, 2.05) is 13.8 Å². The average Bonchev–Trinajstić information content (AvgIpc) is 2.00. The minimum absolute atomic E-state index is 0.0888. The number of aliphatic hydroxyl groups excluding tert-OH is 1. The van der Waals surface area contributed by atoms with Crippen LogP contribution in [-0.4, -0.2) is 30.2 Å². The second-order valence-electron chi connectivity index (χ2n) is 3.83. The van der Waals surface area contributed by atoms with Crippen molar-refractivity contribution >= 4 is 5.91 Å². The van der Waals surface area contributed by atoms with Gasteiger partial charge in [0, 0.05) is 18.6 Å². The third-order valence-electron chi connectivity index (χ3n) is 1.74. The number of carbonyl (C=O) groups is 1. The van der Waals surface area contributed by atoms with Gasteiger partial charge in [0.05, 0.1) is 6.04 Å². The molecular formula is C8H18N2O2. The Balaban J connectivity index is 3.75. The SMILES string of the molecule is CC(NCC(C)(C)CO)C(N)=O. The van der Waals surface area contributed by atoms with E-state index in [2.05, 4.69) is 5.32 Å². The van der Waals surface area contributed by atoms with Gasteiger partial charge in [-0.3, -0.25) is 4.79 Å². The van der Waals surface area contributed by atoms with Crippen LogP contribution in [0.4, 0.5) is 0 Å². The minimum Gasteiger partial charge on any atom is -0.396 e. The third-order valence-corrected chi connectivity index (χ3v) is 1.74. The van der Waals surface area contributed by atoms with Crippen molar-refractivity contribution in [3.05, 3.63) is 0 Å². The van der Waals surface area contributed by atoms with E-state index < -0.39 is 0 Å². The average molecular weight is 174 g/mol. The molecule has 4 nitrogen and oxygen atoms in total. The van der Waals surface area contributed by atoms with Crippen LogP contribution in [0.5, 0.6) is 0 Å². The first-order valence-corrected chi connectivity index (χ1v) is 4.02. The van der Waals surface area contributed by atoms with Crippen LogP contribution in [-0.2, 0) is 4.79 Å². The summed E-state index contributed by atoms with van der Waals surface area (Å²) in [5.41, 5.74) is 4.84. The van der Waals surface area contributed by atoms with Gasteiger partial charge in [-0.05, 0) is 6.92 Å². The van der Waals surface area contributed by atoms with Crippen LogP contribution in [0.2, 0.25) is 0 Å². The van der Waals surface area contributed by atoms with E-state index in [0.717, 1.165) is 0 Å². The van der Waals surface area contributed by atoms with Gasteiger partial charge in [0.15, 0.2) is 0 Å². The molecule has 0 aliphatic carbocycles. The molecule has 0 saturated heterocycles. The fourth-order valence-electron chi connectivity index (χ4n) is 0.586. The highest BCUT2D eigenvalue weighted by Crippen LogP contribution is 2.11. The number of nitrogens with one attached hydrogen (secondary N) is 1. The molecule has 0 aliphatic rings. The Labute approximate surface area is 73.1 Å². The van der Waals surface area contributed by atoms with Crippen molar-refractivity contribution in [1.29, 1.82) is 0 Å². The van der Waals surface area contributed by atoms with Gasteiger partial charge in [0.1, 0.15) is 0 Å². The smallest absolute Gasteiger partial charge is 0.234 e. The van der Waals surface area contributed by atoms with E-state index in [1.165, 1.54) is 0 Å². The zero-order valence-electron chi connectivity index (χ0n) is 7.92. The van der Waals surface area contributed by atoms with Crippen LogP contribution in [0.15, 0.2) is 0 Å². The normalized spacial score (nSPS) is 14.3. The molecule has 0 aromatic heterocycles. The lowest BCUT2D eigenvalue weighted by molar-refractivity contribution is -0.119. The second-order valence-corrected chi connectivity index (χ2v) is 3.83. The summed E-state index contributed by atoms with van der Waals surface area (Å²) in [6, 6.07) is -0.337. The highest BCUT2D eigenvalue weighted by molar-refractivity contribution is 5.79. The molecule has 0 rings (SSSR count). The number of hydrogen-bond acceptors (Lipinski definition) is 3. The molecule has 0 aromatic rings. The van der Waals surface area contributed by atoms with Crippen molar-refractivity contribution in [2.45, 2.75) is 26.8 Å². The molecule has 0 saturated carbocycles. The summed E-state index contributed by atoms with van der Waals surface area (Å²) < 4.78 is 0. The topological polar surface area (TPSA) is 75.3 Å². The van der Waals surface area contributed by atoms with E-state index in [0.29, 0.717) is 6.54 Å². The summed E-state index contributed by atoms with van der Waals surface area (Å²) in [5, 5.41) is 11.8. The van der Waals surface area contributed by atoms with E-state index in [1.54, 1.807) is 6.92 Å². The predicted octanol–water partition coefficient (Wildman–Crippen LogP) is -0.532. The molecule has 1 unspecified atom stereocenters. The Bertz CT molecular complexity index is 157. The Hall–Kier alpha value is -0.610. The third kappa shape index (κ3) is 4.31. The fourth-order valence-corrected chi connectivity index (χ4v) is 0.586. The van der Waals surface area contributed by atoms with Crippen molar-refractivity contribution in [3.63, 3.8) is 0 Å². The molecule has 12 heavy (non-hydrogen) atoms. The van der Waals surface area contributed by atoms with Crippen molar-refractivity contribution < 1.29 is 9.90 Å². The Kier molecular flexibility index (Phi) is 4.20. The molecule has 0 bridgehead atoms. The number of nitrogens with two attached hydrogens (primary N) is 1. The van der Waals surface area contributed by atoms with Gasteiger partial charge in [-0.2, -0.15) is 0 Å². The molecule has 1 amide bonds. The summed E-state index contributed by atoms with van der Waals surface area (Å²) in [5.74, 6) is -0.372. The monoisotopic (exact) mass is 174 g/mol. The maximum atomic E-state index is 10.6. The molecule has 4 N–H and O–H groups in total. The molecule has 0 spiro atoms. The van der Waals surface area contributed by atoms with Gasteiger partial charge in [0.25, 0.3) is 0 Å². The van der Waals surface area contributed by atoms with Crippen molar-refractivity contribution in [1.82, 2.24) is 5.32 Å². The maximum Gasteiger partial charge on any atom is 0.234 e. The lowest BCUT2D eigenvalue weighted by Crippen LogP contribution is -2.43. The second kappa shape index (κ2) is 4.42. The van der Waals surface area contributed by atoms with Gasteiger partial charge < -0.3 is 16.2 Å². The van der Waals surface area contributed by atoms with E-state index in [-0.39, 0.29) is 24.0 Å². The van der Waals surface area contributed by atoms with E-state index >= 15 is 0 Å². The Morgan fingerprint density at radius 1 is 1.67 bits per heavy atom. The van der Waals surface area contributed by atoms with Gasteiger partial charge in [0.2, 0.25) is 5.91 Å². The van der Waals surface area contributed by atoms with Crippen LogP contribution < -0.4 is 11.1 Å². The summed E-state index contributed by atoms with van der Waals surface area (Å²) in [7, 11) is 0. The Morgan fingerprint density at radius 2 is 2.17 bits per heavy atom. The van der Waals surface area contributed by atoms with Crippen LogP contribution in [0.3, 0.4) is 0 Å². The van der Waals surface area contributed by atoms with Crippen LogP contribution in [0.1, 0.15) is 20.8 Å². The summed E-state index contributed by atoms with van der Waals surface area (Å²) in [6.07, 6.45) is 0. The number of aliphatic hydroxyl groups is 1. The number of amides is 1. The molecule has 4 heteroatoms. The zero-order chi connectivity index (χ0) is 9.78. The number of carbonyl (C=O) groups excluding carboxylic acids is 1. The van der Waals surface area contributed by atoms with Crippen LogP contribution in [0.25, 0.3) is 0 Å². The maximum absolute atomic E-state index is 10.6. The summed E-state index contributed by atoms with van der Waals surface area (Å²) in [6.45, 7) is 6.19. The highest BCUT2D eigenvalue weighted by atomic mass is 16.3. The molecule has 0 aliphatic heterocycles. The molecule has 1 atom stereocenters. The fraction of sp³-hybridized carbons (Fsp3) is 0.875. The van der Waals surface area contributed by atoms with Gasteiger partial charge >= 0.3 is 0 Å².